The molecule has 0 aliphatic rings. The number of aromatic nitrogens is 1. The number of carbonyl (C=O) groups excluding carboxylic acids is 2. The first-order chi connectivity index (χ1) is 9.22. The first kappa shape index (κ1) is 16.1. The Hall–Kier alpha value is -1.96. The van der Waals surface area contributed by atoms with Gasteiger partial charge in [-0.2, -0.15) is 0 Å². The summed E-state index contributed by atoms with van der Waals surface area (Å²) in [6.45, 7) is 4.66. The van der Waals surface area contributed by atoms with E-state index in [0.29, 0.717) is 10.7 Å². The van der Waals surface area contributed by atoms with Gasteiger partial charge in [-0.05, 0) is 13.8 Å². The lowest BCUT2D eigenvalue weighted by Gasteiger charge is -2.16. The Kier molecular flexibility index (Phi) is 5.20. The molecule has 0 aliphatic carbocycles. The Balaban J connectivity index is 2.69. The van der Waals surface area contributed by atoms with Crippen molar-refractivity contribution in [2.45, 2.75) is 26.8 Å². The lowest BCUT2D eigenvalue weighted by atomic mass is 10.3. The average Bonchev–Trinajstić information content (AvgIpc) is 2.71. The van der Waals surface area contributed by atoms with Crippen LogP contribution in [0.3, 0.4) is 0 Å². The summed E-state index contributed by atoms with van der Waals surface area (Å²) in [6.07, 6.45) is 0. The van der Waals surface area contributed by atoms with Gasteiger partial charge in [0, 0.05) is 14.0 Å². The zero-order chi connectivity index (χ0) is 15.4. The quantitative estimate of drug-likeness (QED) is 0.838. The third-order valence-electron chi connectivity index (χ3n) is 2.67. The first-order valence-corrected chi connectivity index (χ1v) is 6.75. The van der Waals surface area contributed by atoms with Gasteiger partial charge in [-0.1, -0.05) is 0 Å². The molecule has 0 spiro atoms. The Morgan fingerprint density at radius 3 is 2.50 bits per heavy atom. The normalized spacial score (nSPS) is 11.8. The topological polar surface area (TPSA) is 99.6 Å². The minimum Gasteiger partial charge on any atom is -0.477 e. The van der Waals surface area contributed by atoms with E-state index in [2.05, 4.69) is 10.3 Å². The summed E-state index contributed by atoms with van der Waals surface area (Å²) in [6, 6.07) is -0.403. The zero-order valence-electron chi connectivity index (χ0n) is 11.8. The molecular formula is C12H17N3O4S. The summed E-state index contributed by atoms with van der Waals surface area (Å²) in [4.78, 5) is 39.3. The van der Waals surface area contributed by atoms with Crippen LogP contribution in [0, 0.1) is 6.92 Å². The van der Waals surface area contributed by atoms with Crippen molar-refractivity contribution < 1.29 is 19.5 Å². The van der Waals surface area contributed by atoms with Crippen molar-refractivity contribution in [3.8, 4) is 0 Å². The fourth-order valence-electron chi connectivity index (χ4n) is 1.48. The number of carbonyl (C=O) groups is 3. The van der Waals surface area contributed by atoms with Crippen LogP contribution < -0.4 is 5.32 Å². The van der Waals surface area contributed by atoms with Gasteiger partial charge in [0.1, 0.15) is 9.88 Å². The van der Waals surface area contributed by atoms with Gasteiger partial charge in [0.2, 0.25) is 11.8 Å². The van der Waals surface area contributed by atoms with Gasteiger partial charge in [-0.15, -0.1) is 11.3 Å². The van der Waals surface area contributed by atoms with Crippen LogP contribution in [0.4, 0.5) is 0 Å². The number of hydrogen-bond acceptors (Lipinski definition) is 5. The van der Waals surface area contributed by atoms with Crippen molar-refractivity contribution in [3.63, 3.8) is 0 Å². The molecule has 1 atom stereocenters. The summed E-state index contributed by atoms with van der Waals surface area (Å²) in [5.74, 6) is -1.55. The van der Waals surface area contributed by atoms with E-state index < -0.39 is 12.0 Å². The molecule has 0 aromatic carbocycles. The highest BCUT2D eigenvalue weighted by Crippen LogP contribution is 2.23. The number of nitrogens with zero attached hydrogens (tertiary/aromatic N) is 2. The minimum absolute atomic E-state index is 0.0458. The van der Waals surface area contributed by atoms with Crippen molar-refractivity contribution in [1.29, 1.82) is 0 Å². The van der Waals surface area contributed by atoms with Gasteiger partial charge in [0.15, 0.2) is 0 Å². The molecule has 20 heavy (non-hydrogen) atoms. The molecule has 1 unspecified atom stereocenters. The minimum atomic E-state index is -1.03. The van der Waals surface area contributed by atoms with E-state index in [9.17, 15) is 14.4 Å². The molecule has 1 heterocycles. The third-order valence-corrected chi connectivity index (χ3v) is 4.00. The number of aromatic carboxylic acids is 1. The van der Waals surface area contributed by atoms with Gasteiger partial charge in [-0.25, -0.2) is 9.78 Å². The Bertz CT molecular complexity index is 541. The molecule has 0 saturated heterocycles. The van der Waals surface area contributed by atoms with Crippen LogP contribution >= 0.6 is 11.3 Å². The average molecular weight is 299 g/mol. The monoisotopic (exact) mass is 299 g/mol. The van der Waals surface area contributed by atoms with Crippen molar-refractivity contribution in [2.75, 3.05) is 13.6 Å². The van der Waals surface area contributed by atoms with E-state index in [-0.39, 0.29) is 23.2 Å². The number of nitrogens with one attached hydrogen (secondary N) is 1. The number of likely N-dealkylation sites (N-methyl/N-ethyl adjacent to an activating group) is 1. The predicted octanol–water partition coefficient (Wildman–Crippen LogP) is 0.805. The third kappa shape index (κ3) is 4.02. The van der Waals surface area contributed by atoms with E-state index in [1.807, 2.05) is 0 Å². The number of rotatable bonds is 5. The predicted molar refractivity (Wildman–Crippen MR) is 73.7 cm³/mol. The lowest BCUT2D eigenvalue weighted by molar-refractivity contribution is -0.133. The highest BCUT2D eigenvalue weighted by atomic mass is 32.1. The second kappa shape index (κ2) is 6.47. The maximum absolute atomic E-state index is 11.7. The molecule has 7 nitrogen and oxygen atoms in total. The number of hydrogen-bond donors (Lipinski definition) is 2. The molecule has 0 aliphatic heterocycles. The van der Waals surface area contributed by atoms with E-state index in [4.69, 9.17) is 5.11 Å². The van der Waals surface area contributed by atoms with Gasteiger partial charge in [0.05, 0.1) is 18.3 Å². The molecule has 0 radical (unpaired) electrons. The van der Waals surface area contributed by atoms with Crippen LogP contribution in [0.1, 0.15) is 40.3 Å². The summed E-state index contributed by atoms with van der Waals surface area (Å²) >= 11 is 1.04. The maximum atomic E-state index is 11.7. The van der Waals surface area contributed by atoms with Crippen molar-refractivity contribution in [1.82, 2.24) is 15.2 Å². The van der Waals surface area contributed by atoms with Crippen LogP contribution in [-0.2, 0) is 9.59 Å². The summed E-state index contributed by atoms with van der Waals surface area (Å²) in [5, 5.41) is 12.2. The van der Waals surface area contributed by atoms with Crippen LogP contribution in [0.15, 0.2) is 0 Å². The SMILES string of the molecule is CC(=O)N(C)CC(=O)NC(C)c1nc(C)c(C(=O)O)s1. The van der Waals surface area contributed by atoms with Gasteiger partial charge >= 0.3 is 5.97 Å². The van der Waals surface area contributed by atoms with Crippen molar-refractivity contribution in [2.24, 2.45) is 0 Å². The van der Waals surface area contributed by atoms with E-state index >= 15 is 0 Å². The van der Waals surface area contributed by atoms with Crippen LogP contribution in [-0.4, -0.2) is 46.4 Å². The maximum Gasteiger partial charge on any atom is 0.347 e. The lowest BCUT2D eigenvalue weighted by Crippen LogP contribution is -2.38. The molecule has 8 heteroatoms. The number of carboxylic acids is 1. The fourth-order valence-corrected chi connectivity index (χ4v) is 2.38. The molecule has 0 saturated carbocycles. The zero-order valence-corrected chi connectivity index (χ0v) is 12.6. The van der Waals surface area contributed by atoms with E-state index in [1.54, 1.807) is 13.8 Å². The fraction of sp³-hybridized carbons (Fsp3) is 0.500. The molecular weight excluding hydrogens is 282 g/mol. The number of aryl methyl sites for hydroxylation is 1. The Morgan fingerprint density at radius 1 is 1.45 bits per heavy atom. The summed E-state index contributed by atoms with van der Waals surface area (Å²) in [7, 11) is 1.53. The van der Waals surface area contributed by atoms with Crippen LogP contribution in [0.25, 0.3) is 0 Å². The van der Waals surface area contributed by atoms with Gasteiger partial charge < -0.3 is 15.3 Å². The molecule has 0 fully saturated rings. The molecule has 1 aromatic rings. The number of amides is 2. The highest BCUT2D eigenvalue weighted by molar-refractivity contribution is 7.13. The van der Waals surface area contributed by atoms with Crippen molar-refractivity contribution >= 4 is 29.1 Å². The molecule has 2 N–H and O–H groups in total. The second-order valence-electron chi connectivity index (χ2n) is 4.44. The molecule has 0 bridgehead atoms. The highest BCUT2D eigenvalue weighted by Gasteiger charge is 2.19. The van der Waals surface area contributed by atoms with Crippen LogP contribution in [0.5, 0.6) is 0 Å². The molecule has 1 aromatic heterocycles. The van der Waals surface area contributed by atoms with Crippen molar-refractivity contribution in [3.05, 3.63) is 15.6 Å². The molecule has 2 amide bonds. The largest absolute Gasteiger partial charge is 0.477 e. The summed E-state index contributed by atoms with van der Waals surface area (Å²) in [5.41, 5.74) is 0.430. The number of thiazole rings is 1. The Morgan fingerprint density at radius 2 is 2.05 bits per heavy atom. The van der Waals surface area contributed by atoms with Gasteiger partial charge in [0.25, 0.3) is 0 Å². The second-order valence-corrected chi connectivity index (χ2v) is 5.47. The van der Waals surface area contributed by atoms with E-state index in [0.717, 1.165) is 11.3 Å². The van der Waals surface area contributed by atoms with Crippen LogP contribution in [0.2, 0.25) is 0 Å². The molecule has 110 valence electrons. The van der Waals surface area contributed by atoms with Gasteiger partial charge in [-0.3, -0.25) is 9.59 Å². The molecule has 1 rings (SSSR count). The Labute approximate surface area is 120 Å². The summed E-state index contributed by atoms with van der Waals surface area (Å²) < 4.78 is 0. The smallest absolute Gasteiger partial charge is 0.347 e. The van der Waals surface area contributed by atoms with E-state index in [1.165, 1.54) is 18.9 Å². The first-order valence-electron chi connectivity index (χ1n) is 5.94. The standard InChI is InChI=1S/C12H17N3O4S/c1-6-10(12(18)19)20-11(14-6)7(2)13-9(17)5-15(4)8(3)16/h7H,5H2,1-4H3,(H,13,17)(H,18,19). The number of carboxylic acid groups (broad SMARTS) is 1.